The molecule has 0 atom stereocenters. The highest BCUT2D eigenvalue weighted by Gasteiger charge is 2.44. The lowest BCUT2D eigenvalue weighted by molar-refractivity contribution is -0.0750. The maximum atomic E-state index is 14.7. The number of methoxy groups -OCH3 is 1. The summed E-state index contributed by atoms with van der Waals surface area (Å²) in [6.45, 7) is 0.0183. The van der Waals surface area contributed by atoms with Crippen LogP contribution in [0.5, 0.6) is 5.75 Å². The maximum Gasteiger partial charge on any atom is 0.335 e. The molecule has 31 heavy (non-hydrogen) atoms. The topological polar surface area (TPSA) is 89.8 Å². The van der Waals surface area contributed by atoms with E-state index in [1.54, 1.807) is 7.05 Å². The summed E-state index contributed by atoms with van der Waals surface area (Å²) in [6.07, 6.45) is 0. The van der Waals surface area contributed by atoms with Gasteiger partial charge in [0.25, 0.3) is 5.91 Å². The van der Waals surface area contributed by atoms with Gasteiger partial charge in [0, 0.05) is 24.1 Å². The van der Waals surface area contributed by atoms with Gasteiger partial charge in [0.2, 0.25) is 0 Å². The summed E-state index contributed by atoms with van der Waals surface area (Å²) in [4.78, 5) is 24.2. The molecule has 0 aliphatic carbocycles. The first-order chi connectivity index (χ1) is 14.7. The lowest BCUT2D eigenvalue weighted by Gasteiger charge is -2.42. The van der Waals surface area contributed by atoms with Gasteiger partial charge in [-0.2, -0.15) is 0 Å². The fourth-order valence-corrected chi connectivity index (χ4v) is 3.91. The van der Waals surface area contributed by atoms with Gasteiger partial charge in [-0.25, -0.2) is 13.6 Å². The Morgan fingerprint density at radius 3 is 2.52 bits per heavy atom. The van der Waals surface area contributed by atoms with Crippen LogP contribution in [0.3, 0.4) is 0 Å². The predicted molar refractivity (Wildman–Crippen MR) is 108 cm³/mol. The standard InChI is InChI=1S/C21H17ClF2N2O5/c1-26-14-7-16(30-2)18(24)17(22)11(14)6-15(26)19(27)25-21(8-31-9-21)12-4-3-10(20(28)29)5-13(12)23/h3-7H,8-9H2,1-2H3,(H,25,27)(H,28,29). The Kier molecular flexibility index (Phi) is 5.10. The number of benzene rings is 2. The molecular formula is C21H17ClF2N2O5. The predicted octanol–water partition coefficient (Wildman–Crippen LogP) is 3.47. The molecule has 0 bridgehead atoms. The van der Waals surface area contributed by atoms with Crippen molar-refractivity contribution in [1.82, 2.24) is 9.88 Å². The quantitative estimate of drug-likeness (QED) is 0.621. The van der Waals surface area contributed by atoms with Gasteiger partial charge in [0.05, 0.1) is 36.4 Å². The number of nitrogens with one attached hydrogen (secondary N) is 1. The number of halogens is 3. The number of aromatic carboxylic acids is 1. The molecule has 1 aliphatic rings. The summed E-state index contributed by atoms with van der Waals surface area (Å²) in [5, 5.41) is 12.0. The van der Waals surface area contributed by atoms with Crippen LogP contribution < -0.4 is 10.1 Å². The molecule has 1 aliphatic heterocycles. The first kappa shape index (κ1) is 21.1. The average molecular weight is 451 g/mol. The minimum atomic E-state index is -1.26. The highest BCUT2D eigenvalue weighted by molar-refractivity contribution is 6.36. The van der Waals surface area contributed by atoms with E-state index in [2.05, 4.69) is 5.32 Å². The zero-order chi connectivity index (χ0) is 22.5. The highest BCUT2D eigenvalue weighted by atomic mass is 35.5. The van der Waals surface area contributed by atoms with Crippen LogP contribution in [0.2, 0.25) is 5.02 Å². The Morgan fingerprint density at radius 2 is 1.97 bits per heavy atom. The Balaban J connectivity index is 1.72. The van der Waals surface area contributed by atoms with E-state index in [1.807, 2.05) is 0 Å². The summed E-state index contributed by atoms with van der Waals surface area (Å²) < 4.78 is 40.7. The summed E-state index contributed by atoms with van der Waals surface area (Å²) in [6, 6.07) is 6.35. The molecule has 162 valence electrons. The normalized spacial score (nSPS) is 14.9. The molecule has 7 nitrogen and oxygen atoms in total. The van der Waals surface area contributed by atoms with E-state index >= 15 is 0 Å². The van der Waals surface area contributed by atoms with Crippen LogP contribution in [-0.4, -0.2) is 41.9 Å². The summed E-state index contributed by atoms with van der Waals surface area (Å²) >= 11 is 6.11. The number of fused-ring (bicyclic) bond motifs is 1. The first-order valence-electron chi connectivity index (χ1n) is 9.13. The SMILES string of the molecule is COc1cc2c(cc(C(=O)NC3(c4ccc(C(=O)O)cc4F)COC3)n2C)c(Cl)c1F. The molecule has 4 rings (SSSR count). The van der Waals surface area contributed by atoms with Gasteiger partial charge in [-0.05, 0) is 18.2 Å². The van der Waals surface area contributed by atoms with Crippen LogP contribution in [0.1, 0.15) is 26.4 Å². The first-order valence-corrected chi connectivity index (χ1v) is 9.51. The average Bonchev–Trinajstić information content (AvgIpc) is 3.04. The fraction of sp³-hybridized carbons (Fsp3) is 0.238. The number of amides is 1. The van der Waals surface area contributed by atoms with Crippen molar-refractivity contribution >= 4 is 34.4 Å². The van der Waals surface area contributed by atoms with E-state index in [1.165, 1.54) is 35.9 Å². The number of aromatic nitrogens is 1. The number of rotatable bonds is 5. The molecule has 3 aromatic rings. The van der Waals surface area contributed by atoms with Gasteiger partial charge in [-0.15, -0.1) is 0 Å². The van der Waals surface area contributed by atoms with Crippen molar-refractivity contribution < 1.29 is 33.0 Å². The van der Waals surface area contributed by atoms with Crippen molar-refractivity contribution in [3.05, 3.63) is 63.8 Å². The number of ether oxygens (including phenoxy) is 2. The lowest BCUT2D eigenvalue weighted by Crippen LogP contribution is -2.60. The zero-order valence-electron chi connectivity index (χ0n) is 16.5. The molecule has 0 saturated carbocycles. The van der Waals surface area contributed by atoms with Gasteiger partial charge >= 0.3 is 5.97 Å². The van der Waals surface area contributed by atoms with E-state index in [-0.39, 0.29) is 40.8 Å². The van der Waals surface area contributed by atoms with Gasteiger partial charge in [0.1, 0.15) is 17.1 Å². The second-order valence-corrected chi connectivity index (χ2v) is 7.63. The van der Waals surface area contributed by atoms with Crippen LogP contribution >= 0.6 is 11.6 Å². The number of carboxylic acids is 1. The van der Waals surface area contributed by atoms with Gasteiger partial charge in [0.15, 0.2) is 11.6 Å². The van der Waals surface area contributed by atoms with Crippen LogP contribution in [0.15, 0.2) is 30.3 Å². The number of carboxylic acid groups (broad SMARTS) is 1. The molecule has 0 spiro atoms. The van der Waals surface area contributed by atoms with Crippen LogP contribution in [0, 0.1) is 11.6 Å². The molecule has 10 heteroatoms. The Labute approximate surface area is 180 Å². The van der Waals surface area contributed by atoms with Crippen molar-refractivity contribution in [2.24, 2.45) is 7.05 Å². The third-order valence-corrected chi connectivity index (χ3v) is 5.80. The number of hydrogen-bond donors (Lipinski definition) is 2. The van der Waals surface area contributed by atoms with E-state index in [4.69, 9.17) is 26.2 Å². The molecule has 0 unspecified atom stereocenters. The minimum Gasteiger partial charge on any atom is -0.494 e. The molecule has 2 N–H and O–H groups in total. The van der Waals surface area contributed by atoms with Crippen molar-refractivity contribution in [2.75, 3.05) is 20.3 Å². The lowest BCUT2D eigenvalue weighted by atomic mass is 9.86. The number of carbonyl (C=O) groups excluding carboxylic acids is 1. The van der Waals surface area contributed by atoms with Crippen molar-refractivity contribution in [3.8, 4) is 5.75 Å². The molecule has 0 radical (unpaired) electrons. The second kappa shape index (κ2) is 7.51. The molecular weight excluding hydrogens is 434 g/mol. The molecule has 1 saturated heterocycles. The Hall–Kier alpha value is -3.17. The van der Waals surface area contributed by atoms with Gasteiger partial charge in [-0.3, -0.25) is 4.79 Å². The molecule has 2 heterocycles. The maximum absolute atomic E-state index is 14.7. The van der Waals surface area contributed by atoms with Crippen molar-refractivity contribution in [2.45, 2.75) is 5.54 Å². The van der Waals surface area contributed by atoms with Crippen LogP contribution in [0.4, 0.5) is 8.78 Å². The van der Waals surface area contributed by atoms with E-state index in [0.29, 0.717) is 10.9 Å². The van der Waals surface area contributed by atoms with Crippen molar-refractivity contribution in [1.29, 1.82) is 0 Å². The summed E-state index contributed by atoms with van der Waals surface area (Å²) in [5.41, 5.74) is -0.618. The Morgan fingerprint density at radius 1 is 1.26 bits per heavy atom. The molecule has 2 aromatic carbocycles. The molecule has 1 amide bonds. The molecule has 1 aromatic heterocycles. The number of hydrogen-bond acceptors (Lipinski definition) is 4. The largest absolute Gasteiger partial charge is 0.494 e. The van der Waals surface area contributed by atoms with E-state index in [9.17, 15) is 18.4 Å². The monoisotopic (exact) mass is 450 g/mol. The Bertz CT molecular complexity index is 1240. The van der Waals surface area contributed by atoms with E-state index < -0.39 is 29.0 Å². The second-order valence-electron chi connectivity index (χ2n) is 7.26. The number of aryl methyl sites for hydroxylation is 1. The fourth-order valence-electron chi connectivity index (χ4n) is 3.67. The smallest absolute Gasteiger partial charge is 0.335 e. The summed E-state index contributed by atoms with van der Waals surface area (Å²) in [5.74, 6) is -3.38. The third kappa shape index (κ3) is 3.30. The van der Waals surface area contributed by atoms with Crippen LogP contribution in [-0.2, 0) is 17.3 Å². The number of carbonyl (C=O) groups is 2. The van der Waals surface area contributed by atoms with Crippen molar-refractivity contribution in [3.63, 3.8) is 0 Å². The van der Waals surface area contributed by atoms with Crippen LogP contribution in [0.25, 0.3) is 10.9 Å². The highest BCUT2D eigenvalue weighted by Crippen LogP contribution is 2.36. The minimum absolute atomic E-state index is 0.00915. The molecule has 1 fully saturated rings. The third-order valence-electron chi connectivity index (χ3n) is 5.43. The summed E-state index contributed by atoms with van der Waals surface area (Å²) in [7, 11) is 2.92. The number of nitrogens with zero attached hydrogens (tertiary/aromatic N) is 1. The van der Waals surface area contributed by atoms with Gasteiger partial charge < -0.3 is 24.5 Å². The zero-order valence-corrected chi connectivity index (χ0v) is 17.2. The van der Waals surface area contributed by atoms with Gasteiger partial charge in [-0.1, -0.05) is 17.7 Å². The van der Waals surface area contributed by atoms with E-state index in [0.717, 1.165) is 6.07 Å².